The molecule has 8 heteroatoms. The third-order valence-electron chi connectivity index (χ3n) is 4.78. The van der Waals surface area contributed by atoms with E-state index in [4.69, 9.17) is 9.47 Å². The maximum absolute atomic E-state index is 13.1. The van der Waals surface area contributed by atoms with Gasteiger partial charge < -0.3 is 25.0 Å². The molecule has 1 aromatic carbocycles. The van der Waals surface area contributed by atoms with Crippen LogP contribution in [0.25, 0.3) is 0 Å². The van der Waals surface area contributed by atoms with Crippen molar-refractivity contribution in [3.05, 3.63) is 30.1 Å². The molecule has 0 saturated carbocycles. The first-order valence-corrected chi connectivity index (χ1v) is 10.5. The second-order valence-electron chi connectivity index (χ2n) is 6.95. The van der Waals surface area contributed by atoms with E-state index in [0.717, 1.165) is 70.4 Å². The van der Waals surface area contributed by atoms with Crippen molar-refractivity contribution in [3.8, 4) is 0 Å². The molecule has 0 atom stereocenters. The molecule has 0 aromatic heterocycles. The molecule has 1 heterocycles. The topological polar surface area (TPSA) is 61.4 Å². The van der Waals surface area contributed by atoms with Gasteiger partial charge in [-0.05, 0) is 37.6 Å². The molecule has 164 valence electrons. The first-order chi connectivity index (χ1) is 14.2. The number of nitrogens with one attached hydrogen (secondary N) is 2. The highest BCUT2D eigenvalue weighted by atomic mass is 19.1. The van der Waals surface area contributed by atoms with E-state index < -0.39 is 0 Å². The Bertz CT molecular complexity index is 577. The molecule has 1 aliphatic rings. The van der Waals surface area contributed by atoms with Gasteiger partial charge in [0.1, 0.15) is 5.82 Å². The number of hydrogen-bond acceptors (Lipinski definition) is 5. The molecule has 2 N–H and O–H groups in total. The van der Waals surface area contributed by atoms with Crippen molar-refractivity contribution in [1.82, 2.24) is 15.5 Å². The van der Waals surface area contributed by atoms with E-state index >= 15 is 0 Å². The van der Waals surface area contributed by atoms with Crippen LogP contribution >= 0.6 is 0 Å². The Balaban J connectivity index is 1.61. The summed E-state index contributed by atoms with van der Waals surface area (Å²) in [6, 6.07) is 6.76. The number of methoxy groups -OCH3 is 1. The molecular weight excluding hydrogens is 373 g/mol. The molecule has 0 aliphatic carbocycles. The van der Waals surface area contributed by atoms with Gasteiger partial charge in [0.05, 0.1) is 13.2 Å². The Morgan fingerprint density at radius 1 is 1.07 bits per heavy atom. The second kappa shape index (κ2) is 14.1. The van der Waals surface area contributed by atoms with Gasteiger partial charge >= 0.3 is 0 Å². The van der Waals surface area contributed by atoms with E-state index in [1.807, 2.05) is 12.1 Å². The molecule has 1 aromatic rings. The van der Waals surface area contributed by atoms with Gasteiger partial charge in [-0.1, -0.05) is 0 Å². The minimum absolute atomic E-state index is 0.185. The summed E-state index contributed by atoms with van der Waals surface area (Å²) in [7, 11) is 1.67. The lowest BCUT2D eigenvalue weighted by molar-refractivity contribution is 0.0702. The van der Waals surface area contributed by atoms with E-state index in [2.05, 4.69) is 32.3 Å². The lowest BCUT2D eigenvalue weighted by Crippen LogP contribution is -2.49. The van der Waals surface area contributed by atoms with Crippen LogP contribution in [-0.4, -0.2) is 90.1 Å². The zero-order valence-corrected chi connectivity index (χ0v) is 17.8. The van der Waals surface area contributed by atoms with Crippen LogP contribution < -0.4 is 15.5 Å². The van der Waals surface area contributed by atoms with E-state index in [-0.39, 0.29) is 5.82 Å². The summed E-state index contributed by atoms with van der Waals surface area (Å²) in [5, 5.41) is 6.69. The van der Waals surface area contributed by atoms with Crippen LogP contribution in [0.1, 0.15) is 13.3 Å². The fourth-order valence-electron chi connectivity index (χ4n) is 3.16. The maximum Gasteiger partial charge on any atom is 0.191 e. The average Bonchev–Trinajstić information content (AvgIpc) is 2.74. The minimum Gasteiger partial charge on any atom is -0.382 e. The van der Waals surface area contributed by atoms with E-state index in [1.54, 1.807) is 7.11 Å². The Hall–Kier alpha value is -1.90. The number of nitrogens with zero attached hydrogens (tertiary/aromatic N) is 3. The number of piperazine rings is 1. The lowest BCUT2D eigenvalue weighted by atomic mass is 10.2. The SMILES string of the molecule is CCNC(=NCCCOCCOC)NCCN1CCN(c2ccc(F)cc2)CC1. The molecule has 0 bridgehead atoms. The van der Waals surface area contributed by atoms with Crippen molar-refractivity contribution < 1.29 is 13.9 Å². The van der Waals surface area contributed by atoms with Crippen molar-refractivity contribution in [2.24, 2.45) is 4.99 Å². The molecule has 29 heavy (non-hydrogen) atoms. The van der Waals surface area contributed by atoms with Crippen LogP contribution in [0.4, 0.5) is 10.1 Å². The lowest BCUT2D eigenvalue weighted by Gasteiger charge is -2.36. The minimum atomic E-state index is -0.185. The van der Waals surface area contributed by atoms with Gasteiger partial charge in [-0.25, -0.2) is 4.39 Å². The van der Waals surface area contributed by atoms with Crippen molar-refractivity contribution >= 4 is 11.6 Å². The quantitative estimate of drug-likeness (QED) is 0.310. The second-order valence-corrected chi connectivity index (χ2v) is 6.95. The van der Waals surface area contributed by atoms with Gasteiger partial charge in [-0.3, -0.25) is 9.89 Å². The summed E-state index contributed by atoms with van der Waals surface area (Å²) in [4.78, 5) is 9.35. The van der Waals surface area contributed by atoms with Gasteiger partial charge in [0.25, 0.3) is 0 Å². The fraction of sp³-hybridized carbons (Fsp3) is 0.667. The maximum atomic E-state index is 13.1. The number of aliphatic imine (C=N–C) groups is 1. The van der Waals surface area contributed by atoms with Crippen LogP contribution in [0.2, 0.25) is 0 Å². The van der Waals surface area contributed by atoms with Crippen molar-refractivity contribution in [2.75, 3.05) is 84.2 Å². The number of ether oxygens (including phenoxy) is 2. The van der Waals surface area contributed by atoms with Crippen LogP contribution in [0.3, 0.4) is 0 Å². The molecular formula is C21H36FN5O2. The number of rotatable bonds is 12. The van der Waals surface area contributed by atoms with Crippen LogP contribution in [-0.2, 0) is 9.47 Å². The smallest absolute Gasteiger partial charge is 0.191 e. The highest BCUT2D eigenvalue weighted by Crippen LogP contribution is 2.16. The van der Waals surface area contributed by atoms with Crippen LogP contribution in [0, 0.1) is 5.82 Å². The Morgan fingerprint density at radius 2 is 1.83 bits per heavy atom. The molecule has 7 nitrogen and oxygen atoms in total. The Labute approximate surface area is 174 Å². The van der Waals surface area contributed by atoms with Gasteiger partial charge in [-0.15, -0.1) is 0 Å². The largest absolute Gasteiger partial charge is 0.382 e. The molecule has 2 rings (SSSR count). The van der Waals surface area contributed by atoms with Crippen molar-refractivity contribution in [3.63, 3.8) is 0 Å². The molecule has 0 amide bonds. The summed E-state index contributed by atoms with van der Waals surface area (Å²) < 4.78 is 23.5. The zero-order valence-electron chi connectivity index (χ0n) is 17.8. The third-order valence-corrected chi connectivity index (χ3v) is 4.78. The standard InChI is InChI=1S/C21H36FN5O2/c1-3-23-21(24-9-4-16-29-18-17-28-2)25-10-11-26-12-14-27(15-13-26)20-7-5-19(22)6-8-20/h5-8H,3-4,9-18H2,1-2H3,(H2,23,24,25). The molecule has 0 spiro atoms. The van der Waals surface area contributed by atoms with Gasteiger partial charge in [-0.2, -0.15) is 0 Å². The fourth-order valence-corrected chi connectivity index (χ4v) is 3.16. The molecule has 1 fully saturated rings. The van der Waals surface area contributed by atoms with E-state index in [0.29, 0.717) is 19.8 Å². The van der Waals surface area contributed by atoms with Crippen molar-refractivity contribution in [2.45, 2.75) is 13.3 Å². The zero-order chi connectivity index (χ0) is 20.7. The number of anilines is 1. The molecule has 0 unspecified atom stereocenters. The van der Waals surface area contributed by atoms with Gasteiger partial charge in [0.2, 0.25) is 0 Å². The first kappa shape index (κ1) is 23.4. The van der Waals surface area contributed by atoms with Gasteiger partial charge in [0.15, 0.2) is 5.96 Å². The highest BCUT2D eigenvalue weighted by molar-refractivity contribution is 5.79. The van der Waals surface area contributed by atoms with E-state index in [9.17, 15) is 4.39 Å². The van der Waals surface area contributed by atoms with Gasteiger partial charge in [0, 0.05) is 71.8 Å². The molecule has 0 radical (unpaired) electrons. The molecule has 1 saturated heterocycles. The summed E-state index contributed by atoms with van der Waals surface area (Å²) in [6.45, 7) is 11.4. The van der Waals surface area contributed by atoms with Crippen molar-refractivity contribution in [1.29, 1.82) is 0 Å². The average molecular weight is 410 g/mol. The van der Waals surface area contributed by atoms with E-state index in [1.165, 1.54) is 12.1 Å². The van der Waals surface area contributed by atoms with Crippen LogP contribution in [0.5, 0.6) is 0 Å². The summed E-state index contributed by atoms with van der Waals surface area (Å²) in [5.41, 5.74) is 1.09. The Morgan fingerprint density at radius 3 is 2.52 bits per heavy atom. The monoisotopic (exact) mass is 409 g/mol. The van der Waals surface area contributed by atoms with Crippen LogP contribution in [0.15, 0.2) is 29.3 Å². The number of hydrogen-bond donors (Lipinski definition) is 2. The predicted octanol–water partition coefficient (Wildman–Crippen LogP) is 1.56. The molecule has 1 aliphatic heterocycles. The summed E-state index contributed by atoms with van der Waals surface area (Å²) in [5.74, 6) is 0.671. The predicted molar refractivity (Wildman–Crippen MR) is 116 cm³/mol. The highest BCUT2D eigenvalue weighted by Gasteiger charge is 2.16. The number of benzene rings is 1. The summed E-state index contributed by atoms with van der Waals surface area (Å²) >= 11 is 0. The number of halogens is 1. The Kier molecular flexibility index (Phi) is 11.4. The first-order valence-electron chi connectivity index (χ1n) is 10.5. The third kappa shape index (κ3) is 9.43. The number of guanidine groups is 1. The normalized spacial score (nSPS) is 15.6. The summed E-state index contributed by atoms with van der Waals surface area (Å²) in [6.07, 6.45) is 0.894.